The molecule has 0 spiro atoms. The first kappa shape index (κ1) is 14.5. The Kier molecular flexibility index (Phi) is 3.35. The van der Waals surface area contributed by atoms with Crippen molar-refractivity contribution in [1.29, 1.82) is 0 Å². The van der Waals surface area contributed by atoms with Gasteiger partial charge in [0.25, 0.3) is 0 Å². The lowest BCUT2D eigenvalue weighted by Gasteiger charge is -2.16. The zero-order valence-electron chi connectivity index (χ0n) is 12.9. The maximum atomic E-state index is 12.0. The van der Waals surface area contributed by atoms with Crippen molar-refractivity contribution in [1.82, 2.24) is 5.43 Å². The molecule has 5 nitrogen and oxygen atoms in total. The summed E-state index contributed by atoms with van der Waals surface area (Å²) >= 11 is 0. The van der Waals surface area contributed by atoms with Gasteiger partial charge in [0.1, 0.15) is 0 Å². The summed E-state index contributed by atoms with van der Waals surface area (Å²) in [5.74, 6) is 0.0873. The van der Waals surface area contributed by atoms with E-state index in [0.29, 0.717) is 6.42 Å². The van der Waals surface area contributed by atoms with Gasteiger partial charge in [0.2, 0.25) is 11.8 Å². The number of nitrogens with one attached hydrogen (secondary N) is 2. The predicted octanol–water partition coefficient (Wildman–Crippen LogP) is 2.44. The first-order valence-corrected chi connectivity index (χ1v) is 7.38. The van der Waals surface area contributed by atoms with E-state index >= 15 is 0 Å². The van der Waals surface area contributed by atoms with Gasteiger partial charge in [-0.05, 0) is 43.2 Å². The first-order chi connectivity index (χ1) is 10.4. The third-order valence-electron chi connectivity index (χ3n) is 4.29. The van der Waals surface area contributed by atoms with Crippen LogP contribution in [0, 0.1) is 5.92 Å². The lowest BCUT2D eigenvalue weighted by molar-refractivity contribution is -0.122. The molecule has 0 aromatic heterocycles. The minimum Gasteiger partial charge on any atom is -0.325 e. The van der Waals surface area contributed by atoms with Crippen LogP contribution >= 0.6 is 0 Å². The van der Waals surface area contributed by atoms with Crippen molar-refractivity contribution in [3.63, 3.8) is 0 Å². The van der Waals surface area contributed by atoms with E-state index in [9.17, 15) is 9.59 Å². The third kappa shape index (κ3) is 2.43. The minimum absolute atomic E-state index is 0.0246. The molecule has 22 heavy (non-hydrogen) atoms. The zero-order chi connectivity index (χ0) is 15.9. The number of allylic oxidation sites excluding steroid dienone is 1. The van der Waals surface area contributed by atoms with Crippen molar-refractivity contribution in [3.05, 3.63) is 35.4 Å². The monoisotopic (exact) mass is 297 g/mol. The molecule has 1 aromatic carbocycles. The SMILES string of the molecule is CC1CC(=O)NN=C1/C=C/c1ccc2c(c1)C(C)(C)C(=O)N2. The largest absolute Gasteiger partial charge is 0.325 e. The highest BCUT2D eigenvalue weighted by atomic mass is 16.2. The highest BCUT2D eigenvalue weighted by Gasteiger charge is 2.38. The van der Waals surface area contributed by atoms with Gasteiger partial charge in [-0.3, -0.25) is 9.59 Å². The Morgan fingerprint density at radius 1 is 1.27 bits per heavy atom. The van der Waals surface area contributed by atoms with Crippen molar-refractivity contribution >= 4 is 29.3 Å². The van der Waals surface area contributed by atoms with Crippen LogP contribution in [0.3, 0.4) is 0 Å². The summed E-state index contributed by atoms with van der Waals surface area (Å²) in [7, 11) is 0. The minimum atomic E-state index is -0.511. The van der Waals surface area contributed by atoms with E-state index in [1.165, 1.54) is 0 Å². The highest BCUT2D eigenvalue weighted by Crippen LogP contribution is 2.37. The Bertz CT molecular complexity index is 717. The second kappa shape index (κ2) is 5.09. The van der Waals surface area contributed by atoms with Gasteiger partial charge in [-0.25, -0.2) is 5.43 Å². The molecule has 1 unspecified atom stereocenters. The van der Waals surface area contributed by atoms with Crippen LogP contribution in [0.1, 0.15) is 38.3 Å². The van der Waals surface area contributed by atoms with Crippen LogP contribution in [0.4, 0.5) is 5.69 Å². The molecule has 2 amide bonds. The quantitative estimate of drug-likeness (QED) is 0.880. The average molecular weight is 297 g/mol. The van der Waals surface area contributed by atoms with E-state index in [1.807, 2.05) is 51.1 Å². The van der Waals surface area contributed by atoms with E-state index in [2.05, 4.69) is 15.8 Å². The van der Waals surface area contributed by atoms with Crippen LogP contribution < -0.4 is 10.7 Å². The van der Waals surface area contributed by atoms with Crippen LogP contribution in [-0.4, -0.2) is 17.5 Å². The van der Waals surface area contributed by atoms with Gasteiger partial charge in [-0.1, -0.05) is 19.1 Å². The summed E-state index contributed by atoms with van der Waals surface area (Å²) < 4.78 is 0. The summed E-state index contributed by atoms with van der Waals surface area (Å²) in [6.45, 7) is 5.82. The van der Waals surface area contributed by atoms with Crippen LogP contribution in [-0.2, 0) is 15.0 Å². The molecule has 0 fully saturated rings. The van der Waals surface area contributed by atoms with E-state index in [0.717, 1.165) is 22.5 Å². The van der Waals surface area contributed by atoms with Crippen molar-refractivity contribution in [2.24, 2.45) is 11.0 Å². The van der Waals surface area contributed by atoms with Crippen LogP contribution in [0.25, 0.3) is 6.08 Å². The number of anilines is 1. The first-order valence-electron chi connectivity index (χ1n) is 7.38. The zero-order valence-corrected chi connectivity index (χ0v) is 12.9. The molecular formula is C17H19N3O2. The van der Waals surface area contributed by atoms with Gasteiger partial charge in [0, 0.05) is 18.0 Å². The molecule has 3 rings (SSSR count). The summed E-state index contributed by atoms with van der Waals surface area (Å²) in [6, 6.07) is 5.91. The van der Waals surface area contributed by atoms with Crippen LogP contribution in [0.15, 0.2) is 29.4 Å². The molecule has 0 saturated carbocycles. The smallest absolute Gasteiger partial charge is 0.240 e. The summed E-state index contributed by atoms with van der Waals surface area (Å²) in [4.78, 5) is 23.2. The van der Waals surface area contributed by atoms with E-state index < -0.39 is 5.41 Å². The summed E-state index contributed by atoms with van der Waals surface area (Å²) in [5, 5.41) is 6.98. The van der Waals surface area contributed by atoms with Gasteiger partial charge < -0.3 is 5.32 Å². The Morgan fingerprint density at radius 2 is 2.05 bits per heavy atom. The van der Waals surface area contributed by atoms with Crippen molar-refractivity contribution in [3.8, 4) is 0 Å². The molecule has 0 saturated heterocycles. The molecule has 0 bridgehead atoms. The molecular weight excluding hydrogens is 278 g/mol. The molecule has 0 radical (unpaired) electrons. The summed E-state index contributed by atoms with van der Waals surface area (Å²) in [6.07, 6.45) is 4.34. The van der Waals surface area contributed by atoms with E-state index in [1.54, 1.807) is 0 Å². The number of fused-ring (bicyclic) bond motifs is 1. The molecule has 114 valence electrons. The fourth-order valence-corrected chi connectivity index (χ4v) is 2.74. The lowest BCUT2D eigenvalue weighted by atomic mass is 9.85. The van der Waals surface area contributed by atoms with Crippen LogP contribution in [0.2, 0.25) is 0 Å². The number of hydrogen-bond acceptors (Lipinski definition) is 3. The fraction of sp³-hybridized carbons (Fsp3) is 0.353. The van der Waals surface area contributed by atoms with Gasteiger partial charge in [-0.2, -0.15) is 5.10 Å². The van der Waals surface area contributed by atoms with Gasteiger partial charge in [0.15, 0.2) is 0 Å². The van der Waals surface area contributed by atoms with Crippen molar-refractivity contribution < 1.29 is 9.59 Å². The Morgan fingerprint density at radius 3 is 2.77 bits per heavy atom. The summed E-state index contributed by atoms with van der Waals surface area (Å²) in [5.41, 5.74) is 5.74. The molecule has 2 heterocycles. The standard InChI is InChI=1S/C17H19N3O2/c1-10-8-15(21)20-19-13(10)6-4-11-5-7-14-12(9-11)17(2,3)16(22)18-14/h4-7,9-10H,8H2,1-3H3,(H,18,22)(H,20,21)/b6-4+. The number of hydrogen-bond donors (Lipinski definition) is 2. The molecule has 1 atom stereocenters. The maximum absolute atomic E-state index is 12.0. The number of carbonyl (C=O) groups excluding carboxylic acids is 2. The van der Waals surface area contributed by atoms with Gasteiger partial charge in [-0.15, -0.1) is 0 Å². The van der Waals surface area contributed by atoms with E-state index in [-0.39, 0.29) is 17.7 Å². The molecule has 2 aliphatic heterocycles. The third-order valence-corrected chi connectivity index (χ3v) is 4.29. The fourth-order valence-electron chi connectivity index (χ4n) is 2.74. The molecule has 0 aliphatic carbocycles. The second-order valence-corrected chi connectivity index (χ2v) is 6.39. The molecule has 2 aliphatic rings. The lowest BCUT2D eigenvalue weighted by Crippen LogP contribution is -2.30. The number of benzene rings is 1. The Labute approximate surface area is 129 Å². The Balaban J connectivity index is 1.86. The number of rotatable bonds is 2. The van der Waals surface area contributed by atoms with Crippen molar-refractivity contribution in [2.75, 3.05) is 5.32 Å². The number of nitrogens with zero attached hydrogens (tertiary/aromatic N) is 1. The number of hydrazone groups is 1. The average Bonchev–Trinajstić information content (AvgIpc) is 2.68. The van der Waals surface area contributed by atoms with Gasteiger partial charge >= 0.3 is 0 Å². The number of amides is 2. The topological polar surface area (TPSA) is 70.6 Å². The molecule has 5 heteroatoms. The Hall–Kier alpha value is -2.43. The van der Waals surface area contributed by atoms with E-state index in [4.69, 9.17) is 0 Å². The second-order valence-electron chi connectivity index (χ2n) is 6.39. The number of carbonyl (C=O) groups is 2. The van der Waals surface area contributed by atoms with Gasteiger partial charge in [0.05, 0.1) is 11.1 Å². The highest BCUT2D eigenvalue weighted by molar-refractivity contribution is 6.06. The molecule has 2 N–H and O–H groups in total. The predicted molar refractivity (Wildman–Crippen MR) is 86.5 cm³/mol. The normalized spacial score (nSPS) is 23.0. The molecule has 1 aromatic rings. The van der Waals surface area contributed by atoms with Crippen LogP contribution in [0.5, 0.6) is 0 Å². The van der Waals surface area contributed by atoms with Crippen molar-refractivity contribution in [2.45, 2.75) is 32.6 Å². The maximum Gasteiger partial charge on any atom is 0.240 e.